The molecule has 1 fully saturated rings. The Labute approximate surface area is 156 Å². The topological polar surface area (TPSA) is 71.8 Å². The Bertz CT molecular complexity index is 726. The quantitative estimate of drug-likeness (QED) is 0.714. The van der Waals surface area contributed by atoms with E-state index in [2.05, 4.69) is 10.2 Å². The number of carbonyl (C=O) groups is 1. The van der Waals surface area contributed by atoms with E-state index in [-0.39, 0.29) is 17.4 Å². The molecule has 0 saturated carbocycles. The third-order valence-corrected chi connectivity index (χ3v) is 5.55. The van der Waals surface area contributed by atoms with Gasteiger partial charge in [-0.3, -0.25) is 13.9 Å². The third-order valence-electron chi connectivity index (χ3n) is 4.21. The highest BCUT2D eigenvalue weighted by molar-refractivity contribution is 7.84. The molecule has 1 aromatic heterocycles. The van der Waals surface area contributed by atoms with Gasteiger partial charge in [-0.15, -0.1) is 0 Å². The zero-order chi connectivity index (χ0) is 18.2. The maximum Gasteiger partial charge on any atom is 0.286 e. The highest BCUT2D eigenvalue weighted by Crippen LogP contribution is 2.15. The maximum absolute atomic E-state index is 12.3. The molecule has 1 amide bonds. The van der Waals surface area contributed by atoms with Crippen LogP contribution in [0.1, 0.15) is 22.7 Å². The van der Waals surface area contributed by atoms with Crippen LogP contribution in [-0.2, 0) is 21.3 Å². The molecule has 2 heterocycles. The Morgan fingerprint density at radius 1 is 1.12 bits per heavy atom. The van der Waals surface area contributed by atoms with Crippen molar-refractivity contribution in [3.63, 3.8) is 0 Å². The molecule has 1 saturated heterocycles. The second kappa shape index (κ2) is 9.66. The summed E-state index contributed by atoms with van der Waals surface area (Å²) in [6, 6.07) is 12.6. The fourth-order valence-electron chi connectivity index (χ4n) is 2.78. The molecule has 2 aromatic rings. The van der Waals surface area contributed by atoms with Crippen LogP contribution in [-0.4, -0.2) is 54.4 Å². The van der Waals surface area contributed by atoms with Gasteiger partial charge in [0.05, 0.1) is 29.8 Å². The molecular weight excluding hydrogens is 352 g/mol. The maximum atomic E-state index is 12.3. The van der Waals surface area contributed by atoms with Crippen molar-refractivity contribution in [1.29, 1.82) is 0 Å². The monoisotopic (exact) mass is 376 g/mol. The molecular formula is C19H24N2O4S. The Morgan fingerprint density at radius 2 is 1.88 bits per heavy atom. The van der Waals surface area contributed by atoms with Gasteiger partial charge in [0.15, 0.2) is 5.76 Å². The number of hydrogen-bond acceptors (Lipinski definition) is 5. The summed E-state index contributed by atoms with van der Waals surface area (Å²) in [4.78, 5) is 15.2. The lowest BCUT2D eigenvalue weighted by atomic mass is 10.3. The third kappa shape index (κ3) is 5.52. The van der Waals surface area contributed by atoms with E-state index >= 15 is 0 Å². The number of morpholine rings is 1. The average Bonchev–Trinajstić information content (AvgIpc) is 3.15. The molecule has 1 unspecified atom stereocenters. The largest absolute Gasteiger partial charge is 0.455 e. The molecule has 1 aliphatic heterocycles. The van der Waals surface area contributed by atoms with Gasteiger partial charge in [0.2, 0.25) is 0 Å². The molecule has 26 heavy (non-hydrogen) atoms. The first-order valence-corrected chi connectivity index (χ1v) is 10.1. The smallest absolute Gasteiger partial charge is 0.286 e. The van der Waals surface area contributed by atoms with E-state index in [0.29, 0.717) is 12.3 Å². The Kier molecular flexibility index (Phi) is 6.99. The van der Waals surface area contributed by atoms with E-state index in [4.69, 9.17) is 9.15 Å². The molecule has 0 radical (unpaired) electrons. The van der Waals surface area contributed by atoms with Crippen molar-refractivity contribution in [2.45, 2.75) is 17.1 Å². The van der Waals surface area contributed by atoms with E-state index in [0.717, 1.165) is 44.2 Å². The Balaban J connectivity index is 1.42. The van der Waals surface area contributed by atoms with Gasteiger partial charge < -0.3 is 14.5 Å². The summed E-state index contributed by atoms with van der Waals surface area (Å²) in [5.41, 5.74) is 0. The minimum absolute atomic E-state index is 0.233. The summed E-state index contributed by atoms with van der Waals surface area (Å²) in [5.74, 6) is 0.833. The summed E-state index contributed by atoms with van der Waals surface area (Å²) < 4.78 is 23.2. The molecule has 0 aliphatic carbocycles. The SMILES string of the molecule is O=C(NCCCN1CCOCC1)c1ccc(CS(=O)c2ccccc2)o1. The lowest BCUT2D eigenvalue weighted by Crippen LogP contribution is -2.38. The van der Waals surface area contributed by atoms with Crippen LogP contribution < -0.4 is 5.32 Å². The summed E-state index contributed by atoms with van der Waals surface area (Å²) in [6.07, 6.45) is 0.886. The number of ether oxygens (including phenoxy) is 1. The van der Waals surface area contributed by atoms with Gasteiger partial charge >= 0.3 is 0 Å². The van der Waals surface area contributed by atoms with Gasteiger partial charge in [-0.25, -0.2) is 0 Å². The van der Waals surface area contributed by atoms with Gasteiger partial charge in [0.1, 0.15) is 5.76 Å². The number of rotatable bonds is 8. The number of nitrogens with zero attached hydrogens (tertiary/aromatic N) is 1. The van der Waals surface area contributed by atoms with E-state index in [1.54, 1.807) is 12.1 Å². The van der Waals surface area contributed by atoms with Crippen LogP contribution in [0.25, 0.3) is 0 Å². The first-order chi connectivity index (χ1) is 12.7. The van der Waals surface area contributed by atoms with Crippen molar-refractivity contribution < 1.29 is 18.2 Å². The predicted octanol–water partition coefficient (Wildman–Crippen LogP) is 2.04. The fraction of sp³-hybridized carbons (Fsp3) is 0.421. The second-order valence-corrected chi connectivity index (χ2v) is 7.58. The first-order valence-electron chi connectivity index (χ1n) is 8.83. The predicted molar refractivity (Wildman–Crippen MR) is 99.5 cm³/mol. The van der Waals surface area contributed by atoms with Gasteiger partial charge in [-0.1, -0.05) is 18.2 Å². The molecule has 1 aliphatic rings. The number of benzene rings is 1. The van der Waals surface area contributed by atoms with E-state index < -0.39 is 10.8 Å². The van der Waals surface area contributed by atoms with Crippen LogP contribution in [0, 0.1) is 0 Å². The van der Waals surface area contributed by atoms with Crippen LogP contribution in [0.15, 0.2) is 51.8 Å². The summed E-state index contributed by atoms with van der Waals surface area (Å²) in [5, 5.41) is 2.87. The molecule has 140 valence electrons. The van der Waals surface area contributed by atoms with Crippen molar-refractivity contribution in [3.8, 4) is 0 Å². The van der Waals surface area contributed by atoms with Gasteiger partial charge in [0, 0.05) is 24.5 Å². The Morgan fingerprint density at radius 3 is 2.65 bits per heavy atom. The summed E-state index contributed by atoms with van der Waals surface area (Å²) >= 11 is 0. The standard InChI is InChI=1S/C19H24N2O4S/c22-19(20-9-4-10-21-11-13-24-14-12-21)18-8-7-16(25-18)15-26(23)17-5-2-1-3-6-17/h1-3,5-8H,4,9-15H2,(H,20,22). The van der Waals surface area contributed by atoms with Crippen LogP contribution in [0.5, 0.6) is 0 Å². The second-order valence-electron chi connectivity index (χ2n) is 6.13. The van der Waals surface area contributed by atoms with Crippen molar-refractivity contribution in [2.24, 2.45) is 0 Å². The minimum atomic E-state index is -1.19. The van der Waals surface area contributed by atoms with E-state index in [9.17, 15) is 9.00 Å². The molecule has 0 spiro atoms. The van der Waals surface area contributed by atoms with Crippen molar-refractivity contribution in [3.05, 3.63) is 54.0 Å². The number of carbonyl (C=O) groups excluding carboxylic acids is 1. The lowest BCUT2D eigenvalue weighted by Gasteiger charge is -2.26. The molecule has 3 rings (SSSR count). The summed E-state index contributed by atoms with van der Waals surface area (Å²) in [6.45, 7) is 5.02. The van der Waals surface area contributed by atoms with Gasteiger partial charge in [-0.05, 0) is 37.2 Å². The molecule has 1 N–H and O–H groups in total. The zero-order valence-corrected chi connectivity index (χ0v) is 15.5. The number of furan rings is 1. The zero-order valence-electron chi connectivity index (χ0n) is 14.7. The highest BCUT2D eigenvalue weighted by atomic mass is 32.2. The number of nitrogens with one attached hydrogen (secondary N) is 1. The van der Waals surface area contributed by atoms with E-state index in [1.165, 1.54) is 0 Å². The number of amides is 1. The average molecular weight is 376 g/mol. The van der Waals surface area contributed by atoms with E-state index in [1.807, 2.05) is 30.3 Å². The summed E-state index contributed by atoms with van der Waals surface area (Å²) in [7, 11) is -1.19. The molecule has 1 aromatic carbocycles. The molecule has 6 nitrogen and oxygen atoms in total. The molecule has 7 heteroatoms. The fourth-order valence-corrected chi connectivity index (χ4v) is 3.82. The minimum Gasteiger partial charge on any atom is -0.455 e. The normalized spacial score (nSPS) is 16.3. The van der Waals surface area contributed by atoms with Crippen molar-refractivity contribution in [1.82, 2.24) is 10.2 Å². The van der Waals surface area contributed by atoms with Crippen LogP contribution in [0.4, 0.5) is 0 Å². The van der Waals surface area contributed by atoms with Crippen LogP contribution in [0.3, 0.4) is 0 Å². The molecule has 1 atom stereocenters. The van der Waals surface area contributed by atoms with Crippen LogP contribution >= 0.6 is 0 Å². The number of hydrogen-bond donors (Lipinski definition) is 1. The van der Waals surface area contributed by atoms with Crippen LogP contribution in [0.2, 0.25) is 0 Å². The van der Waals surface area contributed by atoms with Crippen molar-refractivity contribution >= 4 is 16.7 Å². The first kappa shape index (κ1) is 18.8. The Hall–Kier alpha value is -1.96. The molecule has 0 bridgehead atoms. The lowest BCUT2D eigenvalue weighted by molar-refractivity contribution is 0.0374. The van der Waals surface area contributed by atoms with Crippen molar-refractivity contribution in [2.75, 3.05) is 39.4 Å². The van der Waals surface area contributed by atoms with Gasteiger partial charge in [0.25, 0.3) is 5.91 Å². The van der Waals surface area contributed by atoms with Gasteiger partial charge in [-0.2, -0.15) is 0 Å². The highest BCUT2D eigenvalue weighted by Gasteiger charge is 2.14.